The fourth-order valence-electron chi connectivity index (χ4n) is 2.52. The molecule has 0 saturated carbocycles. The molecule has 0 aliphatic heterocycles. The van der Waals surface area contributed by atoms with E-state index in [0.717, 1.165) is 24.8 Å². The minimum Gasteiger partial charge on any atom is -0.282 e. The molecule has 0 spiro atoms. The van der Waals surface area contributed by atoms with Gasteiger partial charge < -0.3 is 0 Å². The van der Waals surface area contributed by atoms with Crippen LogP contribution in [0.1, 0.15) is 63.0 Å². The van der Waals surface area contributed by atoms with Crippen LogP contribution in [0.25, 0.3) is 0 Å². The third kappa shape index (κ3) is 6.88. The van der Waals surface area contributed by atoms with Crippen molar-refractivity contribution in [1.29, 1.82) is 0 Å². The Kier molecular flexibility index (Phi) is 8.04. The molecular formula is C17H27FO3S. The monoisotopic (exact) mass is 330 g/mol. The molecule has 0 fully saturated rings. The first-order valence-corrected chi connectivity index (χ1v) is 9.49. The van der Waals surface area contributed by atoms with Gasteiger partial charge in [-0.25, -0.2) is 4.39 Å². The first-order chi connectivity index (χ1) is 10.3. The van der Waals surface area contributed by atoms with Crippen molar-refractivity contribution in [1.82, 2.24) is 0 Å². The molecule has 1 aromatic carbocycles. The van der Waals surface area contributed by atoms with Crippen LogP contribution in [0.4, 0.5) is 4.39 Å². The molecule has 0 saturated heterocycles. The minimum absolute atomic E-state index is 0.167. The Balaban J connectivity index is 2.48. The van der Waals surface area contributed by atoms with Crippen molar-refractivity contribution in [2.45, 2.75) is 76.3 Å². The van der Waals surface area contributed by atoms with E-state index in [1.165, 1.54) is 31.4 Å². The molecule has 0 radical (unpaired) electrons. The summed E-state index contributed by atoms with van der Waals surface area (Å²) in [7, 11) is -4.23. The molecule has 0 amide bonds. The molecule has 1 aromatic rings. The summed E-state index contributed by atoms with van der Waals surface area (Å²) in [6.07, 6.45) is 6.44. The average molecular weight is 330 g/mol. The summed E-state index contributed by atoms with van der Waals surface area (Å²) in [4.78, 5) is -0.167. The largest absolute Gasteiger partial charge is 0.294 e. The fourth-order valence-corrected chi connectivity index (χ4v) is 3.05. The van der Waals surface area contributed by atoms with Gasteiger partial charge in [-0.1, -0.05) is 51.5 Å². The van der Waals surface area contributed by atoms with Gasteiger partial charge in [-0.2, -0.15) is 8.42 Å². The van der Waals surface area contributed by atoms with Gasteiger partial charge in [0.1, 0.15) is 6.17 Å². The van der Waals surface area contributed by atoms with Crippen molar-refractivity contribution in [2.75, 3.05) is 0 Å². The zero-order chi connectivity index (χ0) is 16.6. The number of hydrogen-bond donors (Lipinski definition) is 1. The Labute approximate surface area is 133 Å². The zero-order valence-corrected chi connectivity index (χ0v) is 14.3. The van der Waals surface area contributed by atoms with Crippen LogP contribution in [0, 0.1) is 6.92 Å². The lowest BCUT2D eigenvalue weighted by atomic mass is 9.99. The third-order valence-corrected chi connectivity index (χ3v) is 4.78. The Morgan fingerprint density at radius 2 is 1.77 bits per heavy atom. The Bertz CT molecular complexity index is 555. The predicted molar refractivity (Wildman–Crippen MR) is 87.6 cm³/mol. The van der Waals surface area contributed by atoms with Crippen LogP contribution in [0.5, 0.6) is 0 Å². The van der Waals surface area contributed by atoms with E-state index in [9.17, 15) is 12.8 Å². The second kappa shape index (κ2) is 9.26. The quantitative estimate of drug-likeness (QED) is 0.492. The topological polar surface area (TPSA) is 54.4 Å². The van der Waals surface area contributed by atoms with Crippen molar-refractivity contribution in [3.05, 3.63) is 29.3 Å². The number of benzene rings is 1. The van der Waals surface area contributed by atoms with Crippen LogP contribution in [-0.4, -0.2) is 19.1 Å². The second-order valence-corrected chi connectivity index (χ2v) is 7.34. The van der Waals surface area contributed by atoms with Crippen LogP contribution >= 0.6 is 0 Å². The SMILES string of the molecule is CCCCCCCC[C@@H](F)Cc1cc(S(=O)(=O)O)ccc1C. The van der Waals surface area contributed by atoms with E-state index in [1.54, 1.807) is 6.07 Å². The molecule has 0 bridgehead atoms. The zero-order valence-electron chi connectivity index (χ0n) is 13.5. The van der Waals surface area contributed by atoms with E-state index < -0.39 is 16.3 Å². The molecule has 0 heterocycles. The van der Waals surface area contributed by atoms with Crippen molar-refractivity contribution in [2.24, 2.45) is 0 Å². The maximum atomic E-state index is 14.1. The van der Waals surface area contributed by atoms with E-state index in [2.05, 4.69) is 6.92 Å². The van der Waals surface area contributed by atoms with E-state index in [4.69, 9.17) is 4.55 Å². The molecule has 0 aromatic heterocycles. The molecule has 1 atom stereocenters. The van der Waals surface area contributed by atoms with Crippen molar-refractivity contribution in [3.63, 3.8) is 0 Å². The van der Waals surface area contributed by atoms with Gasteiger partial charge in [0.05, 0.1) is 4.90 Å². The van der Waals surface area contributed by atoms with Crippen molar-refractivity contribution < 1.29 is 17.4 Å². The van der Waals surface area contributed by atoms with Gasteiger partial charge >= 0.3 is 0 Å². The molecule has 5 heteroatoms. The number of hydrogen-bond acceptors (Lipinski definition) is 2. The standard InChI is InChI=1S/C17H27FO3S/c1-3-4-5-6-7-8-9-16(18)12-15-13-17(22(19,20)21)11-10-14(15)2/h10-11,13,16H,3-9,12H2,1-2H3,(H,19,20,21)/t16-/m1/s1. The maximum absolute atomic E-state index is 14.1. The molecule has 0 aliphatic rings. The lowest BCUT2D eigenvalue weighted by Gasteiger charge is -2.11. The summed E-state index contributed by atoms with van der Waals surface area (Å²) in [5.41, 5.74) is 1.49. The van der Waals surface area contributed by atoms with Crippen LogP contribution < -0.4 is 0 Å². The van der Waals surface area contributed by atoms with Gasteiger partial charge in [0.25, 0.3) is 10.1 Å². The van der Waals surface area contributed by atoms with E-state index in [1.807, 2.05) is 6.92 Å². The molecule has 3 nitrogen and oxygen atoms in total. The number of aryl methyl sites for hydroxylation is 1. The van der Waals surface area contributed by atoms with E-state index >= 15 is 0 Å². The first kappa shape index (κ1) is 19.1. The average Bonchev–Trinajstić information content (AvgIpc) is 2.44. The molecule has 0 aliphatic carbocycles. The first-order valence-electron chi connectivity index (χ1n) is 8.05. The highest BCUT2D eigenvalue weighted by Gasteiger charge is 2.14. The van der Waals surface area contributed by atoms with Gasteiger partial charge in [-0.05, 0) is 36.6 Å². The third-order valence-electron chi connectivity index (χ3n) is 3.93. The van der Waals surface area contributed by atoms with Gasteiger partial charge in [0.2, 0.25) is 0 Å². The summed E-state index contributed by atoms with van der Waals surface area (Å²) >= 11 is 0. The normalized spacial score (nSPS) is 13.3. The molecule has 22 heavy (non-hydrogen) atoms. The molecule has 1 N–H and O–H groups in total. The number of unbranched alkanes of at least 4 members (excludes halogenated alkanes) is 5. The number of halogens is 1. The highest BCUT2D eigenvalue weighted by atomic mass is 32.2. The molecule has 0 unspecified atom stereocenters. The minimum atomic E-state index is -4.23. The van der Waals surface area contributed by atoms with E-state index in [0.29, 0.717) is 12.0 Å². The summed E-state index contributed by atoms with van der Waals surface area (Å²) in [5.74, 6) is 0. The van der Waals surface area contributed by atoms with Gasteiger partial charge in [-0.15, -0.1) is 0 Å². The van der Waals surface area contributed by atoms with Crippen LogP contribution in [0.2, 0.25) is 0 Å². The van der Waals surface area contributed by atoms with Gasteiger partial charge in [0, 0.05) is 6.42 Å². The fraction of sp³-hybridized carbons (Fsp3) is 0.647. The smallest absolute Gasteiger partial charge is 0.282 e. The Hall–Kier alpha value is -0.940. The Morgan fingerprint density at radius 3 is 2.41 bits per heavy atom. The second-order valence-electron chi connectivity index (χ2n) is 5.92. The lowest BCUT2D eigenvalue weighted by Crippen LogP contribution is -2.08. The number of alkyl halides is 1. The summed E-state index contributed by atoms with van der Waals surface area (Å²) in [5, 5.41) is 0. The number of rotatable bonds is 10. The summed E-state index contributed by atoms with van der Waals surface area (Å²) in [6, 6.07) is 4.32. The highest BCUT2D eigenvalue weighted by Crippen LogP contribution is 2.20. The Morgan fingerprint density at radius 1 is 1.14 bits per heavy atom. The molecule has 1 rings (SSSR count). The van der Waals surface area contributed by atoms with E-state index in [-0.39, 0.29) is 11.3 Å². The summed E-state index contributed by atoms with van der Waals surface area (Å²) < 4.78 is 45.4. The van der Waals surface area contributed by atoms with Crippen LogP contribution in [0.3, 0.4) is 0 Å². The molecular weight excluding hydrogens is 303 g/mol. The highest BCUT2D eigenvalue weighted by molar-refractivity contribution is 7.85. The maximum Gasteiger partial charge on any atom is 0.294 e. The van der Waals surface area contributed by atoms with Gasteiger partial charge in [-0.3, -0.25) is 4.55 Å². The van der Waals surface area contributed by atoms with Crippen LogP contribution in [0.15, 0.2) is 23.1 Å². The lowest BCUT2D eigenvalue weighted by molar-refractivity contribution is 0.302. The van der Waals surface area contributed by atoms with Gasteiger partial charge in [0.15, 0.2) is 0 Å². The van der Waals surface area contributed by atoms with Crippen molar-refractivity contribution in [3.8, 4) is 0 Å². The predicted octanol–water partition coefficient (Wildman–Crippen LogP) is 4.87. The molecule has 126 valence electrons. The van der Waals surface area contributed by atoms with Crippen molar-refractivity contribution >= 4 is 10.1 Å². The summed E-state index contributed by atoms with van der Waals surface area (Å²) in [6.45, 7) is 3.99. The van der Waals surface area contributed by atoms with Crippen LogP contribution in [-0.2, 0) is 16.5 Å².